The maximum Gasteiger partial charge on any atom is 0.270 e. The van der Waals surface area contributed by atoms with Gasteiger partial charge in [-0.15, -0.1) is 0 Å². The maximum absolute atomic E-state index is 13.9. The molecule has 0 N–H and O–H groups in total. The third-order valence-corrected chi connectivity index (χ3v) is 4.57. The van der Waals surface area contributed by atoms with Crippen molar-refractivity contribution in [1.82, 2.24) is 0 Å². The largest absolute Gasteiger partial charge is 0.270 e. The molecule has 0 spiro atoms. The van der Waals surface area contributed by atoms with Gasteiger partial charge in [0.25, 0.3) is 11.6 Å². The molecule has 1 aliphatic rings. The quantitative estimate of drug-likeness (QED) is 0.356. The number of thioether (sulfide) groups is 1. The zero-order valence-electron chi connectivity index (χ0n) is 12.0. The minimum atomic E-state index is -0.551. The highest BCUT2D eigenvalue weighted by molar-refractivity contribution is 8.27. The number of rotatable bonds is 3. The molecule has 120 valence electrons. The highest BCUT2D eigenvalue weighted by Gasteiger charge is 2.34. The highest BCUT2D eigenvalue weighted by atomic mass is 32.2. The molecule has 0 radical (unpaired) electrons. The fourth-order valence-electron chi connectivity index (χ4n) is 2.19. The molecule has 0 aromatic heterocycles. The Labute approximate surface area is 145 Å². The van der Waals surface area contributed by atoms with Gasteiger partial charge in [-0.2, -0.15) is 0 Å². The predicted molar refractivity (Wildman–Crippen MR) is 95.1 cm³/mol. The van der Waals surface area contributed by atoms with Crippen LogP contribution in [0.15, 0.2) is 53.4 Å². The molecule has 0 unspecified atom stereocenters. The van der Waals surface area contributed by atoms with Gasteiger partial charge in [-0.3, -0.25) is 19.8 Å². The van der Waals surface area contributed by atoms with Gasteiger partial charge in [-0.05, 0) is 23.8 Å². The molecule has 5 nitrogen and oxygen atoms in total. The van der Waals surface area contributed by atoms with Crippen LogP contribution in [0.5, 0.6) is 0 Å². The number of non-ortho nitro benzene ring substituents is 1. The number of thiocarbonyl (C=S) groups is 1. The van der Waals surface area contributed by atoms with Crippen molar-refractivity contribution < 1.29 is 14.1 Å². The van der Waals surface area contributed by atoms with Crippen LogP contribution in [-0.4, -0.2) is 15.2 Å². The summed E-state index contributed by atoms with van der Waals surface area (Å²) in [5.74, 6) is -1.01. The highest BCUT2D eigenvalue weighted by Crippen LogP contribution is 2.37. The topological polar surface area (TPSA) is 63.4 Å². The Balaban J connectivity index is 1.96. The van der Waals surface area contributed by atoms with E-state index in [0.717, 1.165) is 16.7 Å². The van der Waals surface area contributed by atoms with E-state index in [9.17, 15) is 19.3 Å². The first-order chi connectivity index (χ1) is 11.5. The van der Waals surface area contributed by atoms with Crippen LogP contribution < -0.4 is 4.90 Å². The molecule has 2 aromatic rings. The number of carbonyl (C=O) groups excluding carboxylic acids is 1. The molecule has 0 bridgehead atoms. The zero-order chi connectivity index (χ0) is 17.3. The van der Waals surface area contributed by atoms with Gasteiger partial charge in [0.2, 0.25) is 0 Å². The van der Waals surface area contributed by atoms with Crippen LogP contribution in [0.4, 0.5) is 15.8 Å². The fraction of sp³-hybridized carbons (Fsp3) is 0. The van der Waals surface area contributed by atoms with E-state index < -0.39 is 16.6 Å². The van der Waals surface area contributed by atoms with Crippen molar-refractivity contribution in [1.29, 1.82) is 0 Å². The van der Waals surface area contributed by atoms with Crippen molar-refractivity contribution in [3.63, 3.8) is 0 Å². The molecule has 2 aromatic carbocycles. The predicted octanol–water partition coefficient (Wildman–Crippen LogP) is 4.14. The van der Waals surface area contributed by atoms with Crippen molar-refractivity contribution >= 4 is 51.7 Å². The molecule has 0 atom stereocenters. The van der Waals surface area contributed by atoms with Crippen LogP contribution in [0.3, 0.4) is 0 Å². The van der Waals surface area contributed by atoms with Crippen LogP contribution >= 0.6 is 24.0 Å². The summed E-state index contributed by atoms with van der Waals surface area (Å²) in [7, 11) is 0. The standard InChI is InChI=1S/C16H9FN2O3S2/c17-12-6-1-2-7-13(12)18-15(20)14(24-16(18)23)9-10-4-3-5-11(8-10)19(21)22/h1-9H/b14-9+. The minimum absolute atomic E-state index is 0.0756. The molecule has 0 saturated carbocycles. The van der Waals surface area contributed by atoms with Gasteiger partial charge < -0.3 is 0 Å². The number of nitro groups is 1. The Bertz CT molecular complexity index is 898. The van der Waals surface area contributed by atoms with Gasteiger partial charge in [0.15, 0.2) is 4.32 Å². The first kappa shape index (κ1) is 16.3. The van der Waals surface area contributed by atoms with Crippen molar-refractivity contribution in [2.45, 2.75) is 0 Å². The summed E-state index contributed by atoms with van der Waals surface area (Å²) in [6.07, 6.45) is 1.51. The molecular formula is C16H9FN2O3S2. The first-order valence-corrected chi connectivity index (χ1v) is 7.97. The van der Waals surface area contributed by atoms with E-state index in [-0.39, 0.29) is 20.6 Å². The number of halogens is 1. The first-order valence-electron chi connectivity index (χ1n) is 6.74. The van der Waals surface area contributed by atoms with Crippen LogP contribution in [0, 0.1) is 15.9 Å². The van der Waals surface area contributed by atoms with Crippen molar-refractivity contribution in [3.05, 3.63) is 74.9 Å². The monoisotopic (exact) mass is 360 g/mol. The summed E-state index contributed by atoms with van der Waals surface area (Å²) in [4.78, 5) is 24.3. The summed E-state index contributed by atoms with van der Waals surface area (Å²) in [5, 5.41) is 10.8. The number of hydrogen-bond donors (Lipinski definition) is 0. The molecular weight excluding hydrogens is 351 g/mol. The van der Waals surface area contributed by atoms with Gasteiger partial charge >= 0.3 is 0 Å². The van der Waals surface area contributed by atoms with Crippen LogP contribution in [0.2, 0.25) is 0 Å². The van der Waals surface area contributed by atoms with E-state index >= 15 is 0 Å². The zero-order valence-corrected chi connectivity index (χ0v) is 13.6. The molecule has 1 saturated heterocycles. The van der Waals surface area contributed by atoms with E-state index in [1.165, 1.54) is 42.5 Å². The lowest BCUT2D eigenvalue weighted by Crippen LogP contribution is -2.28. The van der Waals surface area contributed by atoms with E-state index in [4.69, 9.17) is 12.2 Å². The van der Waals surface area contributed by atoms with Crippen LogP contribution in [-0.2, 0) is 4.79 Å². The van der Waals surface area contributed by atoms with Gasteiger partial charge in [0, 0.05) is 12.1 Å². The Morgan fingerprint density at radius 1 is 1.21 bits per heavy atom. The average Bonchev–Trinajstić information content (AvgIpc) is 2.82. The number of carbonyl (C=O) groups is 1. The summed E-state index contributed by atoms with van der Waals surface area (Å²) < 4.78 is 14.1. The van der Waals surface area contributed by atoms with Gasteiger partial charge in [0.05, 0.1) is 15.5 Å². The Kier molecular flexibility index (Phi) is 4.41. The summed E-state index contributed by atoms with van der Waals surface area (Å²) >= 11 is 6.20. The SMILES string of the molecule is O=C1/C(=C\c2cccc([N+](=O)[O-])c2)SC(=S)N1c1ccccc1F. The van der Waals surface area contributed by atoms with Gasteiger partial charge in [-0.1, -0.05) is 48.2 Å². The number of para-hydroxylation sites is 1. The van der Waals surface area contributed by atoms with E-state index in [1.807, 2.05) is 0 Å². The summed E-state index contributed by atoms with van der Waals surface area (Å²) in [6.45, 7) is 0. The number of nitrogens with zero attached hydrogens (tertiary/aromatic N) is 2. The van der Waals surface area contributed by atoms with E-state index in [2.05, 4.69) is 0 Å². The Morgan fingerprint density at radius 2 is 1.96 bits per heavy atom. The Hall–Kier alpha value is -2.58. The smallest absolute Gasteiger partial charge is 0.268 e. The molecule has 0 aliphatic carbocycles. The molecule has 8 heteroatoms. The van der Waals surface area contributed by atoms with Crippen LogP contribution in [0.25, 0.3) is 6.08 Å². The molecule has 24 heavy (non-hydrogen) atoms. The van der Waals surface area contributed by atoms with Crippen molar-refractivity contribution in [3.8, 4) is 0 Å². The lowest BCUT2D eigenvalue weighted by Gasteiger charge is -2.14. The number of nitro benzene ring substituents is 1. The second kappa shape index (κ2) is 6.50. The van der Waals surface area contributed by atoms with Gasteiger partial charge in [-0.25, -0.2) is 4.39 Å². The molecule has 1 heterocycles. The lowest BCUT2D eigenvalue weighted by atomic mass is 10.2. The normalized spacial score (nSPS) is 16.0. The maximum atomic E-state index is 13.9. The van der Waals surface area contributed by atoms with Crippen molar-refractivity contribution in [2.75, 3.05) is 4.90 Å². The second-order valence-corrected chi connectivity index (χ2v) is 6.50. The Morgan fingerprint density at radius 3 is 2.67 bits per heavy atom. The summed E-state index contributed by atoms with van der Waals surface area (Å²) in [5.41, 5.74) is 0.508. The third-order valence-electron chi connectivity index (χ3n) is 3.27. The average molecular weight is 360 g/mol. The van der Waals surface area contributed by atoms with Crippen molar-refractivity contribution in [2.24, 2.45) is 0 Å². The third kappa shape index (κ3) is 3.06. The van der Waals surface area contributed by atoms with E-state index in [1.54, 1.807) is 12.1 Å². The molecule has 1 aliphatic heterocycles. The van der Waals surface area contributed by atoms with Crippen LogP contribution in [0.1, 0.15) is 5.56 Å². The minimum Gasteiger partial charge on any atom is -0.268 e. The number of amides is 1. The van der Waals surface area contributed by atoms with Gasteiger partial charge in [0.1, 0.15) is 5.82 Å². The molecule has 1 amide bonds. The molecule has 1 fully saturated rings. The second-order valence-electron chi connectivity index (χ2n) is 4.82. The van der Waals surface area contributed by atoms with E-state index in [0.29, 0.717) is 5.56 Å². The fourth-order valence-corrected chi connectivity index (χ4v) is 3.47. The number of benzene rings is 2. The summed E-state index contributed by atoms with van der Waals surface area (Å²) in [6, 6.07) is 11.7. The number of hydrogen-bond acceptors (Lipinski definition) is 5. The number of anilines is 1. The molecule has 3 rings (SSSR count). The lowest BCUT2D eigenvalue weighted by molar-refractivity contribution is -0.384.